The summed E-state index contributed by atoms with van der Waals surface area (Å²) in [6, 6.07) is 6.67. The standard InChI is InChI=1S/C14H22N2OS/c1-10-5-6-11(2)13(9-10)12(3)16-14(18)15-7-8-17-4/h5-6,9,12H,7-8H2,1-4H3,(H2,15,16,18). The molecule has 2 N–H and O–H groups in total. The van der Waals surface area contributed by atoms with Crippen molar-refractivity contribution in [3.63, 3.8) is 0 Å². The Hall–Kier alpha value is -1.13. The van der Waals surface area contributed by atoms with E-state index in [2.05, 4.69) is 49.6 Å². The molecule has 0 aromatic heterocycles. The number of aryl methyl sites for hydroxylation is 2. The van der Waals surface area contributed by atoms with Crippen LogP contribution in [0.4, 0.5) is 0 Å². The van der Waals surface area contributed by atoms with Gasteiger partial charge in [0.2, 0.25) is 0 Å². The SMILES string of the molecule is COCCNC(=S)NC(C)c1cc(C)ccc1C. The van der Waals surface area contributed by atoms with E-state index in [4.69, 9.17) is 17.0 Å². The van der Waals surface area contributed by atoms with E-state index in [-0.39, 0.29) is 6.04 Å². The lowest BCUT2D eigenvalue weighted by atomic mass is 10.0. The van der Waals surface area contributed by atoms with Crippen LogP contribution in [0.25, 0.3) is 0 Å². The van der Waals surface area contributed by atoms with Crippen molar-refractivity contribution in [2.45, 2.75) is 26.8 Å². The van der Waals surface area contributed by atoms with Crippen LogP contribution in [0, 0.1) is 13.8 Å². The molecule has 0 bridgehead atoms. The molecule has 1 unspecified atom stereocenters. The number of thiocarbonyl (C=S) groups is 1. The number of hydrogen-bond donors (Lipinski definition) is 2. The van der Waals surface area contributed by atoms with Crippen LogP contribution in [-0.2, 0) is 4.74 Å². The fraction of sp³-hybridized carbons (Fsp3) is 0.500. The smallest absolute Gasteiger partial charge is 0.166 e. The summed E-state index contributed by atoms with van der Waals surface area (Å²) in [7, 11) is 1.68. The molecule has 1 rings (SSSR count). The van der Waals surface area contributed by atoms with Crippen molar-refractivity contribution in [1.29, 1.82) is 0 Å². The number of nitrogens with one attached hydrogen (secondary N) is 2. The molecule has 1 aromatic carbocycles. The maximum atomic E-state index is 5.24. The zero-order valence-electron chi connectivity index (χ0n) is 11.5. The molecular weight excluding hydrogens is 244 g/mol. The van der Waals surface area contributed by atoms with Gasteiger partial charge in [-0.05, 0) is 44.1 Å². The Kier molecular flexibility index (Phi) is 6.09. The van der Waals surface area contributed by atoms with Crippen LogP contribution in [0.3, 0.4) is 0 Å². The first-order valence-electron chi connectivity index (χ1n) is 6.15. The predicted octanol–water partition coefficient (Wildman–Crippen LogP) is 2.47. The number of benzene rings is 1. The molecule has 0 radical (unpaired) electrons. The summed E-state index contributed by atoms with van der Waals surface area (Å²) in [4.78, 5) is 0. The quantitative estimate of drug-likeness (QED) is 0.633. The van der Waals surface area contributed by atoms with E-state index >= 15 is 0 Å². The molecule has 0 aliphatic carbocycles. The highest BCUT2D eigenvalue weighted by atomic mass is 32.1. The van der Waals surface area contributed by atoms with Crippen molar-refractivity contribution >= 4 is 17.3 Å². The summed E-state index contributed by atoms with van der Waals surface area (Å²) in [5, 5.41) is 7.07. The molecule has 1 atom stereocenters. The Balaban J connectivity index is 2.56. The Labute approximate surface area is 115 Å². The highest BCUT2D eigenvalue weighted by Gasteiger charge is 2.09. The molecule has 3 nitrogen and oxygen atoms in total. The van der Waals surface area contributed by atoms with E-state index in [0.29, 0.717) is 11.7 Å². The minimum absolute atomic E-state index is 0.201. The van der Waals surface area contributed by atoms with Gasteiger partial charge in [0.1, 0.15) is 0 Å². The summed E-state index contributed by atoms with van der Waals surface area (Å²) in [5.74, 6) is 0. The number of hydrogen-bond acceptors (Lipinski definition) is 2. The highest BCUT2D eigenvalue weighted by Crippen LogP contribution is 2.18. The molecule has 4 heteroatoms. The Morgan fingerprint density at radius 2 is 2.11 bits per heavy atom. The van der Waals surface area contributed by atoms with Gasteiger partial charge in [0.15, 0.2) is 5.11 Å². The van der Waals surface area contributed by atoms with Crippen LogP contribution in [-0.4, -0.2) is 25.4 Å². The third kappa shape index (κ3) is 4.63. The van der Waals surface area contributed by atoms with Crippen LogP contribution < -0.4 is 10.6 Å². The van der Waals surface area contributed by atoms with Gasteiger partial charge >= 0.3 is 0 Å². The molecule has 0 aliphatic heterocycles. The summed E-state index contributed by atoms with van der Waals surface area (Å²) in [6.07, 6.45) is 0. The lowest BCUT2D eigenvalue weighted by molar-refractivity contribution is 0.204. The van der Waals surface area contributed by atoms with Crippen LogP contribution in [0.2, 0.25) is 0 Å². The second kappa shape index (κ2) is 7.34. The van der Waals surface area contributed by atoms with Gasteiger partial charge in [0.25, 0.3) is 0 Å². The summed E-state index contributed by atoms with van der Waals surface area (Å²) < 4.78 is 4.97. The van der Waals surface area contributed by atoms with Crippen molar-refractivity contribution < 1.29 is 4.74 Å². The van der Waals surface area contributed by atoms with Gasteiger partial charge in [-0.2, -0.15) is 0 Å². The minimum Gasteiger partial charge on any atom is -0.383 e. The third-order valence-corrected chi connectivity index (χ3v) is 3.10. The summed E-state index contributed by atoms with van der Waals surface area (Å²) >= 11 is 5.24. The third-order valence-electron chi connectivity index (χ3n) is 2.84. The van der Waals surface area contributed by atoms with Crippen LogP contribution >= 0.6 is 12.2 Å². The van der Waals surface area contributed by atoms with E-state index in [1.165, 1.54) is 16.7 Å². The molecule has 0 amide bonds. The zero-order chi connectivity index (χ0) is 13.5. The second-order valence-electron chi connectivity index (χ2n) is 4.47. The number of rotatable bonds is 5. The molecule has 0 fully saturated rings. The zero-order valence-corrected chi connectivity index (χ0v) is 12.4. The van der Waals surface area contributed by atoms with Crippen molar-refractivity contribution in [3.8, 4) is 0 Å². The molecule has 0 spiro atoms. The Morgan fingerprint density at radius 3 is 2.78 bits per heavy atom. The lowest BCUT2D eigenvalue weighted by Crippen LogP contribution is -2.38. The molecular formula is C14H22N2OS. The first-order valence-corrected chi connectivity index (χ1v) is 6.56. The largest absolute Gasteiger partial charge is 0.383 e. The van der Waals surface area contributed by atoms with Gasteiger partial charge in [0.05, 0.1) is 12.6 Å². The van der Waals surface area contributed by atoms with Gasteiger partial charge in [-0.3, -0.25) is 0 Å². The molecule has 0 saturated heterocycles. The Bertz CT molecular complexity index is 407. The fourth-order valence-electron chi connectivity index (χ4n) is 1.82. The van der Waals surface area contributed by atoms with E-state index in [9.17, 15) is 0 Å². The average molecular weight is 266 g/mol. The number of methoxy groups -OCH3 is 1. The van der Waals surface area contributed by atoms with Crippen LogP contribution in [0.1, 0.15) is 29.7 Å². The first-order chi connectivity index (χ1) is 8.54. The summed E-state index contributed by atoms with van der Waals surface area (Å²) in [5.41, 5.74) is 3.83. The van der Waals surface area contributed by atoms with Crippen molar-refractivity contribution in [1.82, 2.24) is 10.6 Å². The molecule has 0 aliphatic rings. The molecule has 0 saturated carbocycles. The van der Waals surface area contributed by atoms with Crippen LogP contribution in [0.15, 0.2) is 18.2 Å². The monoisotopic (exact) mass is 266 g/mol. The number of ether oxygens (including phenoxy) is 1. The molecule has 0 heterocycles. The van der Waals surface area contributed by atoms with Crippen molar-refractivity contribution in [3.05, 3.63) is 34.9 Å². The molecule has 1 aromatic rings. The topological polar surface area (TPSA) is 33.3 Å². The van der Waals surface area contributed by atoms with E-state index < -0.39 is 0 Å². The van der Waals surface area contributed by atoms with Crippen LogP contribution in [0.5, 0.6) is 0 Å². The molecule has 18 heavy (non-hydrogen) atoms. The highest BCUT2D eigenvalue weighted by molar-refractivity contribution is 7.80. The van der Waals surface area contributed by atoms with E-state index in [1.54, 1.807) is 7.11 Å². The average Bonchev–Trinajstić information content (AvgIpc) is 2.32. The summed E-state index contributed by atoms with van der Waals surface area (Å²) in [6.45, 7) is 7.72. The van der Waals surface area contributed by atoms with E-state index in [1.807, 2.05) is 0 Å². The van der Waals surface area contributed by atoms with Gasteiger partial charge < -0.3 is 15.4 Å². The molecule has 100 valence electrons. The maximum absolute atomic E-state index is 5.24. The van der Waals surface area contributed by atoms with Crippen molar-refractivity contribution in [2.75, 3.05) is 20.3 Å². The van der Waals surface area contributed by atoms with Gasteiger partial charge in [0, 0.05) is 13.7 Å². The second-order valence-corrected chi connectivity index (χ2v) is 4.88. The normalized spacial score (nSPS) is 12.0. The first kappa shape index (κ1) is 14.9. The fourth-order valence-corrected chi connectivity index (χ4v) is 2.10. The van der Waals surface area contributed by atoms with Crippen molar-refractivity contribution in [2.24, 2.45) is 0 Å². The van der Waals surface area contributed by atoms with Gasteiger partial charge in [-0.25, -0.2) is 0 Å². The minimum atomic E-state index is 0.201. The predicted molar refractivity (Wildman–Crippen MR) is 79.9 cm³/mol. The lowest BCUT2D eigenvalue weighted by Gasteiger charge is -2.19. The van der Waals surface area contributed by atoms with Gasteiger partial charge in [-0.1, -0.05) is 23.8 Å². The maximum Gasteiger partial charge on any atom is 0.166 e. The van der Waals surface area contributed by atoms with E-state index in [0.717, 1.165) is 6.54 Å². The van der Waals surface area contributed by atoms with Gasteiger partial charge in [-0.15, -0.1) is 0 Å². The Morgan fingerprint density at radius 1 is 1.39 bits per heavy atom.